The van der Waals surface area contributed by atoms with E-state index in [4.69, 9.17) is 14.1 Å². The van der Waals surface area contributed by atoms with Crippen molar-refractivity contribution in [2.24, 2.45) is 4.99 Å². The number of carboxylic acids is 1. The molecule has 0 spiro atoms. The van der Waals surface area contributed by atoms with Crippen LogP contribution in [0.2, 0.25) is 0 Å². The first-order valence-electron chi connectivity index (χ1n) is 13.6. The summed E-state index contributed by atoms with van der Waals surface area (Å²) in [6, 6.07) is 24.4. The molecule has 208 valence electrons. The lowest BCUT2D eigenvalue weighted by Gasteiger charge is -2.31. The minimum Gasteiger partial charge on any atom is -0.497 e. The fourth-order valence-corrected chi connectivity index (χ4v) is 6.84. The number of hydrogen-bond acceptors (Lipinski definition) is 6. The van der Waals surface area contributed by atoms with Crippen LogP contribution in [-0.4, -0.2) is 22.8 Å². The van der Waals surface area contributed by atoms with E-state index in [0.717, 1.165) is 46.6 Å². The van der Waals surface area contributed by atoms with Crippen LogP contribution in [0.4, 0.5) is 0 Å². The molecule has 1 aliphatic carbocycles. The van der Waals surface area contributed by atoms with E-state index in [-0.39, 0.29) is 17.2 Å². The third kappa shape index (κ3) is 4.31. The summed E-state index contributed by atoms with van der Waals surface area (Å²) in [4.78, 5) is 31.3. The van der Waals surface area contributed by atoms with Crippen molar-refractivity contribution in [1.82, 2.24) is 4.57 Å². The zero-order valence-corrected chi connectivity index (χ0v) is 23.8. The maximum absolute atomic E-state index is 14.0. The van der Waals surface area contributed by atoms with Crippen molar-refractivity contribution in [2.45, 2.75) is 25.8 Å². The Labute approximate surface area is 245 Å². The van der Waals surface area contributed by atoms with Crippen molar-refractivity contribution in [3.63, 3.8) is 0 Å². The number of methoxy groups -OCH3 is 1. The van der Waals surface area contributed by atoms with Crippen molar-refractivity contribution < 1.29 is 19.1 Å². The molecular weight excluding hydrogens is 548 g/mol. The monoisotopic (exact) mass is 574 g/mol. The van der Waals surface area contributed by atoms with Gasteiger partial charge in [-0.3, -0.25) is 9.36 Å². The minimum absolute atomic E-state index is 0.140. The van der Waals surface area contributed by atoms with Gasteiger partial charge in [-0.05, 0) is 78.4 Å². The molecular formula is C34H26N2O5S. The molecule has 0 saturated carbocycles. The summed E-state index contributed by atoms with van der Waals surface area (Å²) in [5, 5.41) is 9.43. The number of benzene rings is 3. The molecule has 1 N–H and O–H groups in total. The number of carbonyl (C=O) groups is 1. The van der Waals surface area contributed by atoms with Crippen LogP contribution < -0.4 is 19.6 Å². The van der Waals surface area contributed by atoms with Gasteiger partial charge in [0, 0.05) is 17.2 Å². The fraction of sp³-hybridized carbons (Fsp3) is 0.147. The summed E-state index contributed by atoms with van der Waals surface area (Å²) in [5.41, 5.74) is 7.03. The summed E-state index contributed by atoms with van der Waals surface area (Å²) < 4.78 is 13.9. The lowest BCUT2D eigenvalue weighted by Crippen LogP contribution is -2.38. The highest BCUT2D eigenvalue weighted by molar-refractivity contribution is 7.07. The maximum atomic E-state index is 14.0. The van der Waals surface area contributed by atoms with Crippen molar-refractivity contribution in [3.8, 4) is 17.1 Å². The van der Waals surface area contributed by atoms with E-state index in [1.54, 1.807) is 48.1 Å². The van der Waals surface area contributed by atoms with Gasteiger partial charge in [-0.15, -0.1) is 0 Å². The third-order valence-corrected chi connectivity index (χ3v) is 8.92. The fourth-order valence-electron chi connectivity index (χ4n) is 5.86. The second kappa shape index (κ2) is 10.2. The SMILES string of the molecule is COc1cccc(C2C3=C(N=c4sc(=Cc5ccc(-c6cc(C(=O)O)ccc6C)o5)c(=O)n42)c2ccccc2CC3)c1. The van der Waals surface area contributed by atoms with Crippen LogP contribution in [0.3, 0.4) is 0 Å². The van der Waals surface area contributed by atoms with E-state index < -0.39 is 5.97 Å². The Morgan fingerprint density at radius 3 is 2.74 bits per heavy atom. The van der Waals surface area contributed by atoms with E-state index in [2.05, 4.69) is 18.2 Å². The standard InChI is InChI=1S/C34H26N2O5S/c1-19-10-11-22(33(38)39)17-27(19)28-15-13-24(41-28)18-29-32(37)36-31(21-7-5-8-23(16-21)40-2)26-14-12-20-6-3-4-9-25(20)30(26)35-34(36)42-29/h3-11,13,15-18,31H,12,14H2,1-2H3,(H,38,39). The van der Waals surface area contributed by atoms with Crippen LogP contribution in [0, 0.1) is 6.92 Å². The highest BCUT2D eigenvalue weighted by atomic mass is 32.1. The topological polar surface area (TPSA) is 94.0 Å². The molecule has 0 saturated heterocycles. The first-order valence-corrected chi connectivity index (χ1v) is 14.4. The number of ether oxygens (including phenoxy) is 1. The van der Waals surface area contributed by atoms with E-state index in [9.17, 15) is 14.7 Å². The number of aromatic carboxylic acids is 1. The number of thiazole rings is 1. The Balaban J connectivity index is 1.38. The zero-order valence-electron chi connectivity index (χ0n) is 23.0. The molecule has 0 amide bonds. The largest absolute Gasteiger partial charge is 0.497 e. The van der Waals surface area contributed by atoms with Crippen LogP contribution >= 0.6 is 11.3 Å². The number of furan rings is 1. The van der Waals surface area contributed by atoms with E-state index in [0.29, 0.717) is 26.4 Å². The lowest BCUT2D eigenvalue weighted by atomic mass is 9.83. The van der Waals surface area contributed by atoms with Crippen LogP contribution in [0.1, 0.15) is 50.8 Å². The van der Waals surface area contributed by atoms with Gasteiger partial charge in [0.15, 0.2) is 4.80 Å². The average molecular weight is 575 g/mol. The quantitative estimate of drug-likeness (QED) is 0.295. The van der Waals surface area contributed by atoms with Crippen LogP contribution in [0.15, 0.2) is 98.6 Å². The summed E-state index contributed by atoms with van der Waals surface area (Å²) in [7, 11) is 1.64. The van der Waals surface area contributed by atoms with Crippen molar-refractivity contribution in [3.05, 3.63) is 138 Å². The highest BCUT2D eigenvalue weighted by Gasteiger charge is 2.32. The number of carboxylic acid groups (broad SMARTS) is 1. The van der Waals surface area contributed by atoms with Gasteiger partial charge < -0.3 is 14.3 Å². The minimum atomic E-state index is -1.000. The molecule has 5 aromatic rings. The molecule has 7 nitrogen and oxygen atoms in total. The number of rotatable bonds is 5. The maximum Gasteiger partial charge on any atom is 0.335 e. The third-order valence-electron chi connectivity index (χ3n) is 7.93. The van der Waals surface area contributed by atoms with Gasteiger partial charge in [0.05, 0.1) is 28.9 Å². The number of aromatic nitrogens is 1. The Kier molecular flexibility index (Phi) is 6.28. The van der Waals surface area contributed by atoms with Crippen LogP contribution in [-0.2, 0) is 6.42 Å². The average Bonchev–Trinajstić information content (AvgIpc) is 3.60. The Bertz CT molecular complexity index is 2110. The van der Waals surface area contributed by atoms with Crippen molar-refractivity contribution in [1.29, 1.82) is 0 Å². The smallest absolute Gasteiger partial charge is 0.335 e. The highest BCUT2D eigenvalue weighted by Crippen LogP contribution is 2.41. The zero-order chi connectivity index (χ0) is 29.0. The Hall–Kier alpha value is -4.95. The van der Waals surface area contributed by atoms with Gasteiger partial charge in [0.25, 0.3) is 5.56 Å². The predicted octanol–water partition coefficient (Wildman–Crippen LogP) is 5.59. The number of allylic oxidation sites excluding steroid dienone is 1. The van der Waals surface area contributed by atoms with Crippen molar-refractivity contribution >= 4 is 29.1 Å². The number of aryl methyl sites for hydroxylation is 2. The molecule has 2 aromatic heterocycles. The first kappa shape index (κ1) is 26.0. The molecule has 8 heteroatoms. The summed E-state index contributed by atoms with van der Waals surface area (Å²) in [6.45, 7) is 1.90. The molecule has 0 bridgehead atoms. The number of hydrogen-bond donors (Lipinski definition) is 1. The van der Waals surface area contributed by atoms with Gasteiger partial charge in [0.1, 0.15) is 17.3 Å². The van der Waals surface area contributed by atoms with Gasteiger partial charge >= 0.3 is 5.97 Å². The summed E-state index contributed by atoms with van der Waals surface area (Å²) in [6.07, 6.45) is 3.42. The normalized spacial score (nSPS) is 16.0. The van der Waals surface area contributed by atoms with E-state index in [1.807, 2.05) is 37.3 Å². The van der Waals surface area contributed by atoms with Crippen LogP contribution in [0.5, 0.6) is 5.75 Å². The summed E-state index contributed by atoms with van der Waals surface area (Å²) >= 11 is 1.34. The molecule has 1 unspecified atom stereocenters. The Morgan fingerprint density at radius 1 is 1.05 bits per heavy atom. The Morgan fingerprint density at radius 2 is 1.90 bits per heavy atom. The van der Waals surface area contributed by atoms with E-state index in [1.165, 1.54) is 16.9 Å². The molecule has 0 radical (unpaired) electrons. The second-order valence-electron chi connectivity index (χ2n) is 10.4. The molecule has 3 heterocycles. The molecule has 1 aliphatic heterocycles. The number of fused-ring (bicyclic) bond motifs is 3. The lowest BCUT2D eigenvalue weighted by molar-refractivity contribution is 0.0697. The molecule has 7 rings (SSSR count). The molecule has 42 heavy (non-hydrogen) atoms. The number of nitrogens with zero attached hydrogens (tertiary/aromatic N) is 2. The van der Waals surface area contributed by atoms with Gasteiger partial charge in [-0.25, -0.2) is 9.79 Å². The first-order chi connectivity index (χ1) is 20.4. The second-order valence-corrected chi connectivity index (χ2v) is 11.4. The predicted molar refractivity (Wildman–Crippen MR) is 162 cm³/mol. The molecule has 0 fully saturated rings. The van der Waals surface area contributed by atoms with Gasteiger partial charge in [-0.1, -0.05) is 53.8 Å². The van der Waals surface area contributed by atoms with Crippen LogP contribution in [0.25, 0.3) is 23.1 Å². The van der Waals surface area contributed by atoms with E-state index >= 15 is 0 Å². The van der Waals surface area contributed by atoms with Crippen molar-refractivity contribution in [2.75, 3.05) is 7.11 Å². The molecule has 1 atom stereocenters. The molecule has 3 aromatic carbocycles. The molecule has 2 aliphatic rings. The van der Waals surface area contributed by atoms with Gasteiger partial charge in [-0.2, -0.15) is 0 Å². The van der Waals surface area contributed by atoms with Gasteiger partial charge in [0.2, 0.25) is 0 Å². The summed E-state index contributed by atoms with van der Waals surface area (Å²) in [5.74, 6) is 0.772.